The Morgan fingerprint density at radius 2 is 1.65 bits per heavy atom. The van der Waals surface area contributed by atoms with Crippen molar-refractivity contribution in [1.82, 2.24) is 5.32 Å². The highest BCUT2D eigenvalue weighted by atomic mass is 16.6. The molecule has 0 fully saturated rings. The van der Waals surface area contributed by atoms with E-state index in [0.29, 0.717) is 0 Å². The van der Waals surface area contributed by atoms with Crippen LogP contribution in [-0.2, 0) is 4.74 Å². The van der Waals surface area contributed by atoms with E-state index in [0.717, 1.165) is 19.4 Å². The molecule has 1 atom stereocenters. The van der Waals surface area contributed by atoms with Crippen molar-refractivity contribution in [3.8, 4) is 0 Å². The molecular formula is C14H29NO2. The lowest BCUT2D eigenvalue weighted by atomic mass is 10.1. The van der Waals surface area contributed by atoms with E-state index in [4.69, 9.17) is 4.74 Å². The normalized spacial score (nSPS) is 12.2. The molecule has 1 amide bonds. The number of carbonyl (C=O) groups is 1. The van der Waals surface area contributed by atoms with Crippen LogP contribution < -0.4 is 5.32 Å². The smallest absolute Gasteiger partial charge is 0.407 e. The molecule has 0 radical (unpaired) electrons. The van der Waals surface area contributed by atoms with Crippen LogP contribution in [0.2, 0.25) is 0 Å². The number of nitrogens with one attached hydrogen (secondary N) is 1. The summed E-state index contributed by atoms with van der Waals surface area (Å²) in [6, 6.07) is 0. The first-order chi connectivity index (χ1) is 8.20. The van der Waals surface area contributed by atoms with E-state index in [2.05, 4.69) is 12.2 Å². The Labute approximate surface area is 106 Å². The van der Waals surface area contributed by atoms with Crippen molar-refractivity contribution in [3.05, 3.63) is 0 Å². The van der Waals surface area contributed by atoms with E-state index in [-0.39, 0.29) is 12.2 Å². The molecule has 17 heavy (non-hydrogen) atoms. The lowest BCUT2D eigenvalue weighted by molar-refractivity contribution is 0.105. The number of rotatable bonds is 10. The van der Waals surface area contributed by atoms with Gasteiger partial charge in [0.1, 0.15) is 6.10 Å². The summed E-state index contributed by atoms with van der Waals surface area (Å²) in [5.74, 6) is 0. The summed E-state index contributed by atoms with van der Waals surface area (Å²) in [6.45, 7) is 6.89. The summed E-state index contributed by atoms with van der Waals surface area (Å²) in [5, 5.41) is 2.79. The number of ether oxygens (including phenoxy) is 1. The van der Waals surface area contributed by atoms with E-state index in [1.165, 1.54) is 38.5 Å². The number of hydrogen-bond donors (Lipinski definition) is 1. The maximum absolute atomic E-state index is 11.3. The van der Waals surface area contributed by atoms with Crippen LogP contribution in [0.5, 0.6) is 0 Å². The Bertz CT molecular complexity index is 183. The van der Waals surface area contributed by atoms with Crippen LogP contribution in [0.4, 0.5) is 4.79 Å². The molecule has 0 aliphatic rings. The largest absolute Gasteiger partial charge is 0.447 e. The average Bonchev–Trinajstić information content (AvgIpc) is 2.32. The Kier molecular flexibility index (Phi) is 11.2. The predicted octanol–water partition coefficient (Wildman–Crippen LogP) is 4.26. The summed E-state index contributed by atoms with van der Waals surface area (Å²) in [5.41, 5.74) is 0. The van der Waals surface area contributed by atoms with Gasteiger partial charge in [-0.2, -0.15) is 0 Å². The van der Waals surface area contributed by atoms with Crippen molar-refractivity contribution in [1.29, 1.82) is 0 Å². The standard InChI is InChI=1S/C14H29NO2/c1-4-6-7-8-9-10-11-12-15-14(16)17-13(3)5-2/h13H,4-12H2,1-3H3,(H,15,16)/t13-/m0/s1. The Morgan fingerprint density at radius 1 is 1.06 bits per heavy atom. The SMILES string of the molecule is CCCCCCCCCNC(=O)O[C@@H](C)CC. The number of hydrogen-bond acceptors (Lipinski definition) is 2. The van der Waals surface area contributed by atoms with Gasteiger partial charge in [-0.05, 0) is 19.8 Å². The lowest BCUT2D eigenvalue weighted by Crippen LogP contribution is -2.28. The van der Waals surface area contributed by atoms with Gasteiger partial charge in [0.2, 0.25) is 0 Å². The van der Waals surface area contributed by atoms with Gasteiger partial charge in [0.05, 0.1) is 0 Å². The van der Waals surface area contributed by atoms with Gasteiger partial charge in [-0.25, -0.2) is 4.79 Å². The van der Waals surface area contributed by atoms with Crippen LogP contribution in [-0.4, -0.2) is 18.7 Å². The van der Waals surface area contributed by atoms with Gasteiger partial charge in [-0.3, -0.25) is 0 Å². The van der Waals surface area contributed by atoms with Crippen molar-refractivity contribution in [2.45, 2.75) is 78.2 Å². The van der Waals surface area contributed by atoms with Gasteiger partial charge in [-0.15, -0.1) is 0 Å². The van der Waals surface area contributed by atoms with Crippen LogP contribution in [0.3, 0.4) is 0 Å². The van der Waals surface area contributed by atoms with Crippen molar-refractivity contribution in [2.24, 2.45) is 0 Å². The summed E-state index contributed by atoms with van der Waals surface area (Å²) in [4.78, 5) is 11.3. The molecule has 0 rings (SSSR count). The van der Waals surface area contributed by atoms with E-state index in [1.807, 2.05) is 13.8 Å². The highest BCUT2D eigenvalue weighted by Crippen LogP contribution is 2.06. The van der Waals surface area contributed by atoms with E-state index in [1.54, 1.807) is 0 Å². The quantitative estimate of drug-likeness (QED) is 0.582. The second-order valence-electron chi connectivity index (χ2n) is 4.67. The van der Waals surface area contributed by atoms with Crippen LogP contribution in [0.1, 0.15) is 72.1 Å². The zero-order valence-electron chi connectivity index (χ0n) is 11.8. The summed E-state index contributed by atoms with van der Waals surface area (Å²) in [6.07, 6.45) is 9.46. The molecule has 0 spiro atoms. The summed E-state index contributed by atoms with van der Waals surface area (Å²) >= 11 is 0. The van der Waals surface area contributed by atoms with Crippen molar-refractivity contribution in [3.63, 3.8) is 0 Å². The fourth-order valence-electron chi connectivity index (χ4n) is 1.58. The predicted molar refractivity (Wildman–Crippen MR) is 72.2 cm³/mol. The minimum absolute atomic E-state index is 0.0176. The van der Waals surface area contributed by atoms with Gasteiger partial charge >= 0.3 is 6.09 Å². The minimum atomic E-state index is -0.273. The second-order valence-corrected chi connectivity index (χ2v) is 4.67. The third kappa shape index (κ3) is 11.5. The molecule has 0 saturated carbocycles. The maximum atomic E-state index is 11.3. The second kappa shape index (κ2) is 11.7. The van der Waals surface area contributed by atoms with Gasteiger partial charge in [0.25, 0.3) is 0 Å². The fourth-order valence-corrected chi connectivity index (χ4v) is 1.58. The van der Waals surface area contributed by atoms with Gasteiger partial charge in [-0.1, -0.05) is 52.4 Å². The molecule has 3 nitrogen and oxygen atoms in total. The minimum Gasteiger partial charge on any atom is -0.447 e. The molecule has 0 aromatic carbocycles. The highest BCUT2D eigenvalue weighted by Gasteiger charge is 2.05. The van der Waals surface area contributed by atoms with Crippen LogP contribution in [0.25, 0.3) is 0 Å². The highest BCUT2D eigenvalue weighted by molar-refractivity contribution is 5.67. The van der Waals surface area contributed by atoms with Crippen molar-refractivity contribution < 1.29 is 9.53 Å². The third-order valence-corrected chi connectivity index (χ3v) is 2.93. The van der Waals surface area contributed by atoms with Crippen LogP contribution >= 0.6 is 0 Å². The summed E-state index contributed by atoms with van der Waals surface area (Å²) < 4.78 is 5.11. The topological polar surface area (TPSA) is 38.3 Å². The van der Waals surface area contributed by atoms with E-state index < -0.39 is 0 Å². The lowest BCUT2D eigenvalue weighted by Gasteiger charge is -2.11. The number of unbranched alkanes of at least 4 members (excludes halogenated alkanes) is 6. The monoisotopic (exact) mass is 243 g/mol. The molecule has 0 saturated heterocycles. The van der Waals surface area contributed by atoms with E-state index in [9.17, 15) is 4.79 Å². The number of carbonyl (C=O) groups excluding carboxylic acids is 1. The van der Waals surface area contributed by atoms with Gasteiger partial charge < -0.3 is 10.1 Å². The molecule has 1 N–H and O–H groups in total. The molecule has 0 aliphatic heterocycles. The Balaban J connectivity index is 3.19. The molecule has 0 aliphatic carbocycles. The van der Waals surface area contributed by atoms with Crippen molar-refractivity contribution >= 4 is 6.09 Å². The Morgan fingerprint density at radius 3 is 2.24 bits per heavy atom. The number of alkyl carbamates (subject to hydrolysis) is 1. The first kappa shape index (κ1) is 16.3. The van der Waals surface area contributed by atoms with Crippen LogP contribution in [0, 0.1) is 0 Å². The Hall–Kier alpha value is -0.730. The van der Waals surface area contributed by atoms with Crippen LogP contribution in [0.15, 0.2) is 0 Å². The molecule has 3 heteroatoms. The zero-order valence-corrected chi connectivity index (χ0v) is 11.8. The van der Waals surface area contributed by atoms with Crippen molar-refractivity contribution in [2.75, 3.05) is 6.54 Å². The molecule has 0 bridgehead atoms. The molecule has 102 valence electrons. The molecule has 0 heterocycles. The third-order valence-electron chi connectivity index (χ3n) is 2.93. The average molecular weight is 243 g/mol. The summed E-state index contributed by atoms with van der Waals surface area (Å²) in [7, 11) is 0. The first-order valence-electron chi connectivity index (χ1n) is 7.15. The molecule has 0 unspecified atom stereocenters. The van der Waals surface area contributed by atoms with E-state index >= 15 is 0 Å². The zero-order chi connectivity index (χ0) is 12.9. The maximum Gasteiger partial charge on any atom is 0.407 e. The molecule has 0 aromatic heterocycles. The first-order valence-corrected chi connectivity index (χ1v) is 7.15. The molecule has 0 aromatic rings. The van der Waals surface area contributed by atoms with Gasteiger partial charge in [0.15, 0.2) is 0 Å². The fraction of sp³-hybridized carbons (Fsp3) is 0.929. The van der Waals surface area contributed by atoms with Gasteiger partial charge in [0, 0.05) is 6.54 Å². The number of amides is 1. The molecular weight excluding hydrogens is 214 g/mol.